The molecule has 1 saturated heterocycles. The summed E-state index contributed by atoms with van der Waals surface area (Å²) in [5.41, 5.74) is 2.01. The van der Waals surface area contributed by atoms with Gasteiger partial charge in [-0.2, -0.15) is 0 Å². The van der Waals surface area contributed by atoms with Gasteiger partial charge in [0.05, 0.1) is 5.69 Å². The molecule has 1 fully saturated rings. The van der Waals surface area contributed by atoms with Crippen LogP contribution in [0.4, 0.5) is 11.4 Å². The maximum absolute atomic E-state index is 13.8. The molecule has 1 heterocycles. The van der Waals surface area contributed by atoms with Crippen molar-refractivity contribution in [3.8, 4) is 0 Å². The summed E-state index contributed by atoms with van der Waals surface area (Å²) in [7, 11) is -3.95. The minimum Gasteiger partial charge on any atom is -0.368 e. The van der Waals surface area contributed by atoms with Crippen LogP contribution in [-0.4, -0.2) is 40.4 Å². The molecule has 0 spiro atoms. The summed E-state index contributed by atoms with van der Waals surface area (Å²) in [4.78, 5) is 15.2. The summed E-state index contributed by atoms with van der Waals surface area (Å²) in [6.45, 7) is 3.04. The van der Waals surface area contributed by atoms with Gasteiger partial charge in [-0.3, -0.25) is 9.52 Å². The minimum atomic E-state index is -3.95. The highest BCUT2D eigenvalue weighted by Gasteiger charge is 2.26. The molecule has 0 aliphatic carbocycles. The molecule has 4 aromatic carbocycles. The summed E-state index contributed by atoms with van der Waals surface area (Å²) >= 11 is 0. The topological polar surface area (TPSA) is 78.5 Å². The lowest BCUT2D eigenvalue weighted by molar-refractivity contribution is 0.103. The Hall–Kier alpha value is -3.68. The Morgan fingerprint density at radius 1 is 0.794 bits per heavy atom. The predicted molar refractivity (Wildman–Crippen MR) is 136 cm³/mol. The Balaban J connectivity index is 1.55. The third-order valence-electron chi connectivity index (χ3n) is 6.00. The van der Waals surface area contributed by atoms with Crippen molar-refractivity contribution >= 4 is 38.0 Å². The van der Waals surface area contributed by atoms with Gasteiger partial charge in [-0.1, -0.05) is 72.8 Å². The summed E-state index contributed by atoms with van der Waals surface area (Å²) in [5, 5.41) is 4.84. The zero-order valence-electron chi connectivity index (χ0n) is 18.6. The van der Waals surface area contributed by atoms with Gasteiger partial charge in [0, 0.05) is 48.4 Å². The maximum atomic E-state index is 13.8. The Morgan fingerprint density at radius 3 is 2.29 bits per heavy atom. The van der Waals surface area contributed by atoms with E-state index in [1.807, 2.05) is 42.5 Å². The second-order valence-corrected chi connectivity index (χ2v) is 9.87. The molecule has 7 heteroatoms. The number of fused-ring (bicyclic) bond motifs is 1. The summed E-state index contributed by atoms with van der Waals surface area (Å²) in [6.07, 6.45) is 0. The maximum Gasteiger partial charge on any atom is 0.264 e. The smallest absolute Gasteiger partial charge is 0.264 e. The lowest BCUT2D eigenvalue weighted by Crippen LogP contribution is -2.44. The van der Waals surface area contributed by atoms with Gasteiger partial charge < -0.3 is 10.2 Å². The molecule has 4 aromatic rings. The molecule has 2 N–H and O–H groups in total. The second-order valence-electron chi connectivity index (χ2n) is 8.25. The SMILES string of the molecule is O=C(c1ccccc1)c1cccc(NS(=O)(=O)c2c(N3CCNCC3)ccc3ccccc23)c1. The molecule has 0 bridgehead atoms. The van der Waals surface area contributed by atoms with Crippen molar-refractivity contribution < 1.29 is 13.2 Å². The van der Waals surface area contributed by atoms with Gasteiger partial charge in [-0.25, -0.2) is 8.42 Å². The average molecular weight is 472 g/mol. The zero-order chi connectivity index (χ0) is 23.5. The van der Waals surface area contributed by atoms with Gasteiger partial charge >= 0.3 is 0 Å². The van der Waals surface area contributed by atoms with E-state index < -0.39 is 10.0 Å². The van der Waals surface area contributed by atoms with Crippen molar-refractivity contribution in [2.24, 2.45) is 0 Å². The Morgan fingerprint density at radius 2 is 1.50 bits per heavy atom. The van der Waals surface area contributed by atoms with Crippen LogP contribution in [0.1, 0.15) is 15.9 Å². The first kappa shape index (κ1) is 22.1. The lowest BCUT2D eigenvalue weighted by atomic mass is 10.0. The number of sulfonamides is 1. The van der Waals surface area contributed by atoms with E-state index in [-0.39, 0.29) is 10.7 Å². The van der Waals surface area contributed by atoms with Gasteiger partial charge in [0.2, 0.25) is 0 Å². The van der Waals surface area contributed by atoms with Crippen molar-refractivity contribution in [2.45, 2.75) is 4.90 Å². The second kappa shape index (κ2) is 9.29. The predicted octanol–water partition coefficient (Wildman–Crippen LogP) is 4.28. The number of hydrogen-bond acceptors (Lipinski definition) is 5. The molecular formula is C27H25N3O3S. The van der Waals surface area contributed by atoms with E-state index in [0.29, 0.717) is 27.9 Å². The van der Waals surface area contributed by atoms with E-state index in [2.05, 4.69) is 14.9 Å². The number of hydrogen-bond donors (Lipinski definition) is 2. The minimum absolute atomic E-state index is 0.159. The Kier molecular flexibility index (Phi) is 6.04. The van der Waals surface area contributed by atoms with Crippen LogP contribution in [-0.2, 0) is 10.0 Å². The first-order valence-corrected chi connectivity index (χ1v) is 12.7. The molecule has 0 amide bonds. The molecule has 0 radical (unpaired) electrons. The number of nitrogens with one attached hydrogen (secondary N) is 2. The fourth-order valence-electron chi connectivity index (χ4n) is 4.35. The van der Waals surface area contributed by atoms with Crippen molar-refractivity contribution in [3.63, 3.8) is 0 Å². The van der Waals surface area contributed by atoms with Crippen molar-refractivity contribution in [1.82, 2.24) is 5.32 Å². The largest absolute Gasteiger partial charge is 0.368 e. The van der Waals surface area contributed by atoms with Crippen LogP contribution in [0.25, 0.3) is 10.8 Å². The van der Waals surface area contributed by atoms with E-state index >= 15 is 0 Å². The highest BCUT2D eigenvalue weighted by Crippen LogP contribution is 2.34. The number of benzene rings is 4. The van der Waals surface area contributed by atoms with Crippen LogP contribution >= 0.6 is 0 Å². The first-order valence-electron chi connectivity index (χ1n) is 11.2. The molecule has 0 aromatic heterocycles. The molecule has 34 heavy (non-hydrogen) atoms. The molecule has 1 aliphatic rings. The summed E-state index contributed by atoms with van der Waals surface area (Å²) in [5.74, 6) is -0.159. The quantitative estimate of drug-likeness (QED) is 0.411. The number of carbonyl (C=O) groups excluding carboxylic acids is 1. The highest BCUT2D eigenvalue weighted by atomic mass is 32.2. The number of ketones is 1. The molecule has 6 nitrogen and oxygen atoms in total. The molecular weight excluding hydrogens is 446 g/mol. The Labute approximate surface area is 199 Å². The monoisotopic (exact) mass is 471 g/mol. The number of anilines is 2. The molecule has 0 saturated carbocycles. The fraction of sp³-hybridized carbons (Fsp3) is 0.148. The number of carbonyl (C=O) groups is 1. The zero-order valence-corrected chi connectivity index (χ0v) is 19.4. The van der Waals surface area contributed by atoms with E-state index in [0.717, 1.165) is 31.6 Å². The van der Waals surface area contributed by atoms with Crippen LogP contribution in [0.5, 0.6) is 0 Å². The van der Waals surface area contributed by atoms with Crippen molar-refractivity contribution in [1.29, 1.82) is 0 Å². The normalized spacial score (nSPS) is 14.2. The van der Waals surface area contributed by atoms with Gasteiger partial charge in [0.25, 0.3) is 10.0 Å². The van der Waals surface area contributed by atoms with Crippen LogP contribution in [0.2, 0.25) is 0 Å². The average Bonchev–Trinajstić information content (AvgIpc) is 2.88. The molecule has 5 rings (SSSR count). The van der Waals surface area contributed by atoms with Crippen molar-refractivity contribution in [2.75, 3.05) is 35.8 Å². The van der Waals surface area contributed by atoms with Gasteiger partial charge in [-0.15, -0.1) is 0 Å². The lowest BCUT2D eigenvalue weighted by Gasteiger charge is -2.31. The fourth-order valence-corrected chi connectivity index (χ4v) is 5.84. The van der Waals surface area contributed by atoms with Crippen LogP contribution in [0, 0.1) is 0 Å². The van der Waals surface area contributed by atoms with E-state index in [1.54, 1.807) is 48.5 Å². The first-order chi connectivity index (χ1) is 16.5. The van der Waals surface area contributed by atoms with Crippen LogP contribution < -0.4 is 14.9 Å². The molecule has 1 aliphatic heterocycles. The van der Waals surface area contributed by atoms with Crippen molar-refractivity contribution in [3.05, 3.63) is 102 Å². The number of nitrogens with zero attached hydrogens (tertiary/aromatic N) is 1. The third-order valence-corrected chi connectivity index (χ3v) is 7.47. The number of piperazine rings is 1. The number of rotatable bonds is 6. The van der Waals surface area contributed by atoms with Gasteiger partial charge in [0.1, 0.15) is 4.90 Å². The summed E-state index contributed by atoms with van der Waals surface area (Å²) < 4.78 is 30.3. The third kappa shape index (κ3) is 4.40. The van der Waals surface area contributed by atoms with E-state index in [9.17, 15) is 13.2 Å². The van der Waals surface area contributed by atoms with Gasteiger partial charge in [-0.05, 0) is 23.6 Å². The molecule has 172 valence electrons. The van der Waals surface area contributed by atoms with E-state index in [4.69, 9.17) is 0 Å². The highest BCUT2D eigenvalue weighted by molar-refractivity contribution is 7.93. The Bertz CT molecular complexity index is 1450. The van der Waals surface area contributed by atoms with E-state index in [1.165, 1.54) is 0 Å². The molecule has 0 unspecified atom stereocenters. The molecule has 0 atom stereocenters. The van der Waals surface area contributed by atoms with Crippen LogP contribution in [0.3, 0.4) is 0 Å². The van der Waals surface area contributed by atoms with Crippen LogP contribution in [0.15, 0.2) is 95.9 Å². The summed E-state index contributed by atoms with van der Waals surface area (Å²) in [6, 6.07) is 26.9. The standard InChI is InChI=1S/C27H25N3O3S/c31-26(21-8-2-1-3-9-21)22-10-6-11-23(19-22)29-34(32,33)27-24-12-5-4-7-20(24)13-14-25(27)30-17-15-28-16-18-30/h1-14,19,28-29H,15-18H2. The van der Waals surface area contributed by atoms with Gasteiger partial charge in [0.15, 0.2) is 5.78 Å².